The second-order valence-electron chi connectivity index (χ2n) is 7.06. The zero-order valence-electron chi connectivity index (χ0n) is 17.5. The van der Waals surface area contributed by atoms with Crippen molar-refractivity contribution in [3.8, 4) is 11.5 Å². The molecule has 0 radical (unpaired) electrons. The quantitative estimate of drug-likeness (QED) is 0.540. The zero-order chi connectivity index (χ0) is 21.9. The molecule has 0 spiro atoms. The van der Waals surface area contributed by atoms with E-state index in [1.807, 2.05) is 19.9 Å². The third kappa shape index (κ3) is 3.80. The van der Waals surface area contributed by atoms with Crippen molar-refractivity contribution in [2.45, 2.75) is 26.3 Å². The Balaban J connectivity index is 1.82. The van der Waals surface area contributed by atoms with Crippen molar-refractivity contribution in [3.05, 3.63) is 53.6 Å². The summed E-state index contributed by atoms with van der Waals surface area (Å²) in [5, 5.41) is 17.8. The van der Waals surface area contributed by atoms with Crippen molar-refractivity contribution in [2.75, 3.05) is 25.1 Å². The fourth-order valence-corrected chi connectivity index (χ4v) is 3.40. The Morgan fingerprint density at radius 3 is 2.40 bits per heavy atom. The molecule has 0 aliphatic carbocycles. The molecule has 158 valence electrons. The van der Waals surface area contributed by atoms with Gasteiger partial charge in [-0.05, 0) is 50.6 Å². The molecule has 2 N–H and O–H groups in total. The SMILES string of the molecule is CCN(CC)c1ccc(/C=N/N2C(=O)N[C@](C)(c3ccc(OC)cc3)C2=O)c(O)c1. The Bertz CT molecular complexity index is 970. The molecule has 8 nitrogen and oxygen atoms in total. The first-order valence-electron chi connectivity index (χ1n) is 9.77. The van der Waals surface area contributed by atoms with Crippen LogP contribution in [0.2, 0.25) is 0 Å². The highest BCUT2D eigenvalue weighted by molar-refractivity contribution is 6.07. The summed E-state index contributed by atoms with van der Waals surface area (Å²) < 4.78 is 5.14. The number of nitrogens with zero attached hydrogens (tertiary/aromatic N) is 3. The maximum absolute atomic E-state index is 12.9. The van der Waals surface area contributed by atoms with Gasteiger partial charge in [0.1, 0.15) is 17.0 Å². The lowest BCUT2D eigenvalue weighted by Gasteiger charge is -2.21. The number of nitrogens with one attached hydrogen (secondary N) is 1. The van der Waals surface area contributed by atoms with E-state index >= 15 is 0 Å². The molecular formula is C22H26N4O4. The number of phenols is 1. The van der Waals surface area contributed by atoms with Gasteiger partial charge in [-0.1, -0.05) is 12.1 Å². The number of carbonyl (C=O) groups excluding carboxylic acids is 2. The average Bonchev–Trinajstić information content (AvgIpc) is 2.97. The molecule has 0 unspecified atom stereocenters. The Kier molecular flexibility index (Phi) is 5.96. The summed E-state index contributed by atoms with van der Waals surface area (Å²) in [7, 11) is 1.56. The molecule has 1 atom stereocenters. The molecule has 0 aromatic heterocycles. The van der Waals surface area contributed by atoms with E-state index in [1.165, 1.54) is 6.21 Å². The van der Waals surface area contributed by atoms with Crippen LogP contribution in [-0.2, 0) is 10.3 Å². The number of aromatic hydroxyl groups is 1. The number of hydrogen-bond acceptors (Lipinski definition) is 6. The Labute approximate surface area is 175 Å². The van der Waals surface area contributed by atoms with Gasteiger partial charge in [-0.25, -0.2) is 4.79 Å². The number of ether oxygens (including phenoxy) is 1. The smallest absolute Gasteiger partial charge is 0.346 e. The zero-order valence-corrected chi connectivity index (χ0v) is 17.5. The van der Waals surface area contributed by atoms with Gasteiger partial charge < -0.3 is 20.1 Å². The van der Waals surface area contributed by atoms with E-state index in [1.54, 1.807) is 50.4 Å². The highest BCUT2D eigenvalue weighted by Gasteiger charge is 2.49. The third-order valence-electron chi connectivity index (χ3n) is 5.29. The molecular weight excluding hydrogens is 384 g/mol. The van der Waals surface area contributed by atoms with E-state index in [2.05, 4.69) is 15.3 Å². The Morgan fingerprint density at radius 1 is 1.17 bits per heavy atom. The van der Waals surface area contributed by atoms with Crippen LogP contribution in [0.4, 0.5) is 10.5 Å². The number of benzene rings is 2. The van der Waals surface area contributed by atoms with Crippen molar-refractivity contribution < 1.29 is 19.4 Å². The summed E-state index contributed by atoms with van der Waals surface area (Å²) in [6, 6.07) is 11.5. The van der Waals surface area contributed by atoms with E-state index in [-0.39, 0.29) is 5.75 Å². The number of amides is 3. The standard InChI is InChI=1S/C22H26N4O4/c1-5-25(6-2)17-10-7-15(19(27)13-17)14-23-26-20(28)22(3,24-21(26)29)16-8-11-18(30-4)12-9-16/h7-14,27H,5-6H2,1-4H3,(H,24,29)/b23-14+/t22-/m1/s1. The van der Waals surface area contributed by atoms with Gasteiger partial charge in [-0.15, -0.1) is 5.01 Å². The first kappa shape index (κ1) is 21.2. The lowest BCUT2D eigenvalue weighted by molar-refractivity contribution is -0.131. The van der Waals surface area contributed by atoms with Crippen LogP contribution in [0.3, 0.4) is 0 Å². The van der Waals surface area contributed by atoms with Gasteiger partial charge in [0.25, 0.3) is 5.91 Å². The molecule has 3 amide bonds. The molecule has 8 heteroatoms. The second kappa shape index (κ2) is 8.44. The largest absolute Gasteiger partial charge is 0.507 e. The van der Waals surface area contributed by atoms with Crippen molar-refractivity contribution >= 4 is 23.8 Å². The molecule has 3 rings (SSSR count). The van der Waals surface area contributed by atoms with Crippen molar-refractivity contribution in [1.29, 1.82) is 0 Å². The van der Waals surface area contributed by atoms with Crippen LogP contribution in [0.1, 0.15) is 31.9 Å². The fraction of sp³-hybridized carbons (Fsp3) is 0.318. The summed E-state index contributed by atoms with van der Waals surface area (Å²) in [4.78, 5) is 27.5. The monoisotopic (exact) mass is 410 g/mol. The number of phenolic OH excluding ortho intramolecular Hbond substituents is 1. The van der Waals surface area contributed by atoms with Crippen LogP contribution >= 0.6 is 0 Å². The van der Waals surface area contributed by atoms with Gasteiger partial charge >= 0.3 is 6.03 Å². The van der Waals surface area contributed by atoms with Crippen LogP contribution in [0, 0.1) is 0 Å². The molecule has 1 aliphatic rings. The van der Waals surface area contributed by atoms with Gasteiger partial charge in [0.05, 0.1) is 13.3 Å². The molecule has 1 fully saturated rings. The molecule has 1 aliphatic heterocycles. The predicted molar refractivity (Wildman–Crippen MR) is 115 cm³/mol. The first-order valence-corrected chi connectivity index (χ1v) is 9.77. The van der Waals surface area contributed by atoms with E-state index < -0.39 is 17.5 Å². The van der Waals surface area contributed by atoms with Crippen LogP contribution in [0.15, 0.2) is 47.6 Å². The van der Waals surface area contributed by atoms with Gasteiger partial charge in [0, 0.05) is 30.4 Å². The van der Waals surface area contributed by atoms with Crippen molar-refractivity contribution in [2.24, 2.45) is 5.10 Å². The van der Waals surface area contributed by atoms with Crippen molar-refractivity contribution in [1.82, 2.24) is 10.3 Å². The molecule has 0 saturated carbocycles. The van der Waals surface area contributed by atoms with Gasteiger partial charge in [0.2, 0.25) is 0 Å². The number of urea groups is 1. The lowest BCUT2D eigenvalue weighted by Crippen LogP contribution is -2.40. The van der Waals surface area contributed by atoms with Crippen LogP contribution in [0.25, 0.3) is 0 Å². The molecule has 1 heterocycles. The summed E-state index contributed by atoms with van der Waals surface area (Å²) in [6.45, 7) is 7.33. The molecule has 30 heavy (non-hydrogen) atoms. The predicted octanol–water partition coefficient (Wildman–Crippen LogP) is 3.05. The highest BCUT2D eigenvalue weighted by atomic mass is 16.5. The van der Waals surface area contributed by atoms with E-state index in [9.17, 15) is 14.7 Å². The van der Waals surface area contributed by atoms with Gasteiger partial charge in [-0.2, -0.15) is 5.10 Å². The van der Waals surface area contributed by atoms with E-state index in [0.29, 0.717) is 16.9 Å². The number of hydrazone groups is 1. The van der Waals surface area contributed by atoms with Crippen LogP contribution < -0.4 is 15.0 Å². The molecule has 2 aromatic rings. The fourth-order valence-electron chi connectivity index (χ4n) is 3.40. The number of methoxy groups -OCH3 is 1. The molecule has 1 saturated heterocycles. The van der Waals surface area contributed by atoms with Crippen LogP contribution in [0.5, 0.6) is 11.5 Å². The minimum Gasteiger partial charge on any atom is -0.507 e. The minimum absolute atomic E-state index is 0.0214. The third-order valence-corrected chi connectivity index (χ3v) is 5.29. The van der Waals surface area contributed by atoms with Crippen LogP contribution in [-0.4, -0.2) is 48.5 Å². The molecule has 2 aromatic carbocycles. The maximum Gasteiger partial charge on any atom is 0.346 e. The normalized spacial score (nSPS) is 18.7. The average molecular weight is 410 g/mol. The second-order valence-corrected chi connectivity index (χ2v) is 7.06. The van der Waals surface area contributed by atoms with Gasteiger partial charge in [0.15, 0.2) is 0 Å². The topological polar surface area (TPSA) is 94.5 Å². The molecule has 0 bridgehead atoms. The number of carbonyl (C=O) groups is 2. The lowest BCUT2D eigenvalue weighted by atomic mass is 9.92. The minimum atomic E-state index is -1.24. The number of hydrogen-bond donors (Lipinski definition) is 2. The summed E-state index contributed by atoms with van der Waals surface area (Å²) in [6.07, 6.45) is 1.30. The number of imide groups is 1. The first-order chi connectivity index (χ1) is 14.3. The van der Waals surface area contributed by atoms with Crippen molar-refractivity contribution in [3.63, 3.8) is 0 Å². The number of anilines is 1. The highest BCUT2D eigenvalue weighted by Crippen LogP contribution is 2.30. The Morgan fingerprint density at radius 2 is 1.83 bits per heavy atom. The summed E-state index contributed by atoms with van der Waals surface area (Å²) >= 11 is 0. The van der Waals surface area contributed by atoms with E-state index in [0.717, 1.165) is 23.8 Å². The Hall–Kier alpha value is -3.55. The number of rotatable bonds is 7. The van der Waals surface area contributed by atoms with E-state index in [4.69, 9.17) is 4.74 Å². The summed E-state index contributed by atoms with van der Waals surface area (Å²) in [5.41, 5.74) is 0.669. The summed E-state index contributed by atoms with van der Waals surface area (Å²) in [5.74, 6) is 0.166. The van der Waals surface area contributed by atoms with Gasteiger partial charge in [-0.3, -0.25) is 4.79 Å². The maximum atomic E-state index is 12.9.